The first-order chi connectivity index (χ1) is 9.18. The molecule has 3 rings (SSSR count). The summed E-state index contributed by atoms with van der Waals surface area (Å²) in [6.07, 6.45) is 3.58. The van der Waals surface area contributed by atoms with Crippen LogP contribution in [0.4, 0.5) is 11.6 Å². The fraction of sp³-hybridized carbons (Fsp3) is 0.417. The van der Waals surface area contributed by atoms with Crippen molar-refractivity contribution in [2.45, 2.75) is 18.9 Å². The molecule has 1 unspecified atom stereocenters. The van der Waals surface area contributed by atoms with Crippen LogP contribution < -0.4 is 4.90 Å². The van der Waals surface area contributed by atoms with E-state index in [1.54, 1.807) is 23.0 Å². The number of thiophene rings is 1. The summed E-state index contributed by atoms with van der Waals surface area (Å²) in [7, 11) is 1.80. The first-order valence-corrected chi connectivity index (χ1v) is 7.07. The molecule has 1 atom stereocenters. The third-order valence-corrected chi connectivity index (χ3v) is 4.21. The van der Waals surface area contributed by atoms with E-state index in [1.807, 2.05) is 5.38 Å². The van der Waals surface area contributed by atoms with Gasteiger partial charge in [-0.25, -0.2) is 0 Å². The van der Waals surface area contributed by atoms with Crippen LogP contribution in [0.3, 0.4) is 0 Å². The molecule has 0 bridgehead atoms. The standard InChI is InChI=1S/C12H14N4O2S/c1-14-8-13-11(16(17)18)12(14)15-5-2-3-10(15)9-4-6-19-7-9/h4,6-8,10H,2-3,5H2,1H3. The molecule has 1 saturated heterocycles. The van der Waals surface area contributed by atoms with Gasteiger partial charge in [-0.3, -0.25) is 4.57 Å². The molecule has 0 radical (unpaired) electrons. The van der Waals surface area contributed by atoms with E-state index in [2.05, 4.69) is 21.3 Å². The van der Waals surface area contributed by atoms with Crippen molar-refractivity contribution in [1.29, 1.82) is 0 Å². The van der Waals surface area contributed by atoms with Crippen LogP contribution in [0.15, 0.2) is 23.2 Å². The minimum absolute atomic E-state index is 0.0513. The van der Waals surface area contributed by atoms with E-state index in [0.717, 1.165) is 19.4 Å². The van der Waals surface area contributed by atoms with Crippen molar-refractivity contribution in [1.82, 2.24) is 9.55 Å². The van der Waals surface area contributed by atoms with Gasteiger partial charge in [0.05, 0.1) is 6.04 Å². The third kappa shape index (κ3) is 1.99. The van der Waals surface area contributed by atoms with Gasteiger partial charge in [0, 0.05) is 13.6 Å². The number of nitrogens with zero attached hydrogens (tertiary/aromatic N) is 4. The molecule has 3 heterocycles. The molecular formula is C12H14N4O2S. The quantitative estimate of drug-likeness (QED) is 0.639. The molecule has 1 aliphatic rings. The monoisotopic (exact) mass is 278 g/mol. The van der Waals surface area contributed by atoms with Crippen LogP contribution in [-0.4, -0.2) is 21.0 Å². The molecular weight excluding hydrogens is 264 g/mol. The van der Waals surface area contributed by atoms with Crippen LogP contribution in [0, 0.1) is 10.1 Å². The third-order valence-electron chi connectivity index (χ3n) is 3.51. The highest BCUT2D eigenvalue weighted by Crippen LogP contribution is 2.39. The lowest BCUT2D eigenvalue weighted by atomic mass is 10.1. The Hall–Kier alpha value is -1.89. The molecule has 1 aliphatic heterocycles. The van der Waals surface area contributed by atoms with Crippen LogP contribution in [-0.2, 0) is 7.05 Å². The molecule has 2 aromatic heterocycles. The van der Waals surface area contributed by atoms with Crippen molar-refractivity contribution in [2.24, 2.45) is 7.05 Å². The summed E-state index contributed by atoms with van der Waals surface area (Å²) in [5.74, 6) is 0.559. The Balaban J connectivity index is 2.01. The molecule has 0 amide bonds. The van der Waals surface area contributed by atoms with Crippen molar-refractivity contribution in [2.75, 3.05) is 11.4 Å². The zero-order valence-electron chi connectivity index (χ0n) is 10.5. The number of aromatic nitrogens is 2. The van der Waals surface area contributed by atoms with Gasteiger partial charge in [0.2, 0.25) is 12.1 Å². The Bertz CT molecular complexity index is 593. The second-order valence-corrected chi connectivity index (χ2v) is 5.45. The Morgan fingerprint density at radius 2 is 2.42 bits per heavy atom. The Morgan fingerprint density at radius 1 is 1.58 bits per heavy atom. The highest BCUT2D eigenvalue weighted by Gasteiger charge is 2.34. The number of hydrogen-bond donors (Lipinski definition) is 0. The van der Waals surface area contributed by atoms with Crippen molar-refractivity contribution in [3.05, 3.63) is 38.8 Å². The lowest BCUT2D eigenvalue weighted by Crippen LogP contribution is -2.25. The van der Waals surface area contributed by atoms with E-state index >= 15 is 0 Å². The van der Waals surface area contributed by atoms with Crippen molar-refractivity contribution in [3.63, 3.8) is 0 Å². The summed E-state index contributed by atoms with van der Waals surface area (Å²) in [5.41, 5.74) is 1.23. The Morgan fingerprint density at radius 3 is 3.11 bits per heavy atom. The van der Waals surface area contributed by atoms with Gasteiger partial charge in [-0.15, -0.1) is 0 Å². The number of anilines is 1. The van der Waals surface area contributed by atoms with Crippen LogP contribution >= 0.6 is 11.3 Å². The average Bonchev–Trinajstić information content (AvgIpc) is 3.06. The molecule has 0 N–H and O–H groups in total. The molecule has 0 saturated carbocycles. The van der Waals surface area contributed by atoms with E-state index in [-0.39, 0.29) is 11.9 Å². The molecule has 1 fully saturated rings. The van der Waals surface area contributed by atoms with Crippen LogP contribution in [0.1, 0.15) is 24.4 Å². The number of rotatable bonds is 3. The van der Waals surface area contributed by atoms with Crippen LogP contribution in [0.2, 0.25) is 0 Å². The first kappa shape index (κ1) is 12.2. The lowest BCUT2D eigenvalue weighted by Gasteiger charge is -2.25. The van der Waals surface area contributed by atoms with E-state index in [9.17, 15) is 10.1 Å². The van der Waals surface area contributed by atoms with E-state index in [0.29, 0.717) is 5.82 Å². The van der Waals surface area contributed by atoms with E-state index in [4.69, 9.17) is 0 Å². The molecule has 0 aliphatic carbocycles. The zero-order chi connectivity index (χ0) is 13.4. The maximum absolute atomic E-state index is 11.1. The van der Waals surface area contributed by atoms with Crippen molar-refractivity contribution in [3.8, 4) is 0 Å². The van der Waals surface area contributed by atoms with Gasteiger partial charge in [0.15, 0.2) is 0 Å². The predicted octanol–water partition coefficient (Wildman–Crippen LogP) is 2.73. The molecule has 0 spiro atoms. The SMILES string of the molecule is Cn1cnc([N+](=O)[O-])c1N1CCCC1c1ccsc1. The molecule has 6 nitrogen and oxygen atoms in total. The van der Waals surface area contributed by atoms with Crippen molar-refractivity contribution < 1.29 is 4.92 Å². The Kier molecular flexibility index (Phi) is 2.98. The molecule has 2 aromatic rings. The molecule has 0 aromatic carbocycles. The first-order valence-electron chi connectivity index (χ1n) is 6.13. The smallest absolute Gasteiger partial charge is 0.358 e. The largest absolute Gasteiger partial charge is 0.406 e. The molecule has 19 heavy (non-hydrogen) atoms. The summed E-state index contributed by atoms with van der Waals surface area (Å²) in [5, 5.41) is 15.3. The van der Waals surface area contributed by atoms with E-state index < -0.39 is 4.92 Å². The van der Waals surface area contributed by atoms with Gasteiger partial charge in [0.1, 0.15) is 0 Å². The summed E-state index contributed by atoms with van der Waals surface area (Å²) in [4.78, 5) is 16.7. The van der Waals surface area contributed by atoms with Crippen molar-refractivity contribution >= 4 is 23.0 Å². The fourth-order valence-electron chi connectivity index (χ4n) is 2.70. The van der Waals surface area contributed by atoms with Gasteiger partial charge in [0.25, 0.3) is 0 Å². The summed E-state index contributed by atoms with van der Waals surface area (Å²) >= 11 is 1.66. The van der Waals surface area contributed by atoms with Crippen LogP contribution in [0.25, 0.3) is 0 Å². The maximum atomic E-state index is 11.1. The predicted molar refractivity (Wildman–Crippen MR) is 73.5 cm³/mol. The summed E-state index contributed by atoms with van der Waals surface area (Å²) in [6, 6.07) is 2.32. The normalized spacial score (nSPS) is 19.0. The summed E-state index contributed by atoms with van der Waals surface area (Å²) in [6.45, 7) is 0.834. The highest BCUT2D eigenvalue weighted by molar-refractivity contribution is 7.08. The number of nitro groups is 1. The minimum atomic E-state index is -0.404. The van der Waals surface area contributed by atoms with Gasteiger partial charge >= 0.3 is 5.82 Å². The maximum Gasteiger partial charge on any atom is 0.406 e. The zero-order valence-corrected chi connectivity index (χ0v) is 11.3. The van der Waals surface area contributed by atoms with Gasteiger partial charge in [-0.2, -0.15) is 11.3 Å². The highest BCUT2D eigenvalue weighted by atomic mass is 32.1. The fourth-order valence-corrected chi connectivity index (χ4v) is 3.41. The van der Waals surface area contributed by atoms with Gasteiger partial charge < -0.3 is 15.0 Å². The Labute approximate surface area is 114 Å². The second-order valence-electron chi connectivity index (χ2n) is 4.67. The molecule has 7 heteroatoms. The van der Waals surface area contributed by atoms with Gasteiger partial charge in [-0.1, -0.05) is 0 Å². The lowest BCUT2D eigenvalue weighted by molar-refractivity contribution is -0.388. The van der Waals surface area contributed by atoms with Gasteiger partial charge in [-0.05, 0) is 45.1 Å². The summed E-state index contributed by atoms with van der Waals surface area (Å²) < 4.78 is 1.74. The number of imidazole rings is 1. The van der Waals surface area contributed by atoms with E-state index in [1.165, 1.54) is 11.9 Å². The topological polar surface area (TPSA) is 64.2 Å². The minimum Gasteiger partial charge on any atom is -0.358 e. The average molecular weight is 278 g/mol. The second kappa shape index (κ2) is 4.65. The number of aryl methyl sites for hydroxylation is 1. The molecule has 100 valence electrons. The van der Waals surface area contributed by atoms with Crippen LogP contribution in [0.5, 0.6) is 0 Å². The number of hydrogen-bond acceptors (Lipinski definition) is 5.